The number of thiophene rings is 1. The topological polar surface area (TPSA) is 83.6 Å². The number of rotatable bonds is 5. The van der Waals surface area contributed by atoms with Crippen molar-refractivity contribution in [1.29, 1.82) is 0 Å². The van der Waals surface area contributed by atoms with Gasteiger partial charge in [-0.2, -0.15) is 0 Å². The van der Waals surface area contributed by atoms with Crippen molar-refractivity contribution in [2.24, 2.45) is 0 Å². The second kappa shape index (κ2) is 6.28. The molecular weight excluding hydrogens is 316 g/mol. The molecule has 1 amide bonds. The van der Waals surface area contributed by atoms with E-state index in [4.69, 9.17) is 21.2 Å². The van der Waals surface area contributed by atoms with Crippen molar-refractivity contribution < 1.29 is 19.2 Å². The third-order valence-electron chi connectivity index (χ3n) is 2.74. The fourth-order valence-electron chi connectivity index (χ4n) is 1.72. The summed E-state index contributed by atoms with van der Waals surface area (Å²) in [5.41, 5.74) is 0.0736. The van der Waals surface area contributed by atoms with Crippen molar-refractivity contribution in [3.8, 4) is 10.6 Å². The van der Waals surface area contributed by atoms with Crippen LogP contribution in [0.15, 0.2) is 22.7 Å². The molecule has 0 aliphatic rings. The lowest BCUT2D eigenvalue weighted by molar-refractivity contribution is -0.138. The predicted molar refractivity (Wildman–Crippen MR) is 78.6 cm³/mol. The summed E-state index contributed by atoms with van der Waals surface area (Å²) in [6, 6.07) is 4.71. The molecule has 8 heteroatoms. The van der Waals surface area contributed by atoms with Gasteiger partial charge in [0.2, 0.25) is 0 Å². The number of aromatic nitrogens is 1. The van der Waals surface area contributed by atoms with Crippen LogP contribution in [0.25, 0.3) is 10.6 Å². The summed E-state index contributed by atoms with van der Waals surface area (Å²) < 4.78 is 5.73. The molecule has 0 saturated carbocycles. The fraction of sp³-hybridized carbons (Fsp3) is 0.308. The number of halogens is 1. The highest BCUT2D eigenvalue weighted by Crippen LogP contribution is 2.31. The Morgan fingerprint density at radius 1 is 1.48 bits per heavy atom. The number of carbonyl (C=O) groups is 2. The van der Waals surface area contributed by atoms with Crippen molar-refractivity contribution in [1.82, 2.24) is 10.1 Å². The van der Waals surface area contributed by atoms with Gasteiger partial charge in [-0.05, 0) is 26.0 Å². The summed E-state index contributed by atoms with van der Waals surface area (Å²) in [6.45, 7) is 3.09. The summed E-state index contributed by atoms with van der Waals surface area (Å²) in [6.07, 6.45) is 0. The molecule has 2 aromatic heterocycles. The first-order valence-electron chi connectivity index (χ1n) is 6.13. The van der Waals surface area contributed by atoms with Gasteiger partial charge in [-0.15, -0.1) is 11.3 Å². The lowest BCUT2D eigenvalue weighted by Gasteiger charge is -2.23. The Morgan fingerprint density at radius 3 is 2.71 bits per heavy atom. The number of aliphatic carboxylic acids is 1. The molecule has 0 aliphatic heterocycles. The van der Waals surface area contributed by atoms with Gasteiger partial charge >= 0.3 is 5.97 Å². The van der Waals surface area contributed by atoms with E-state index in [2.05, 4.69) is 5.16 Å². The second-order valence-corrected chi connectivity index (χ2v) is 6.32. The molecule has 21 heavy (non-hydrogen) atoms. The molecule has 0 aromatic carbocycles. The molecule has 0 spiro atoms. The predicted octanol–water partition coefficient (Wildman–Crippen LogP) is 2.99. The first-order chi connectivity index (χ1) is 9.88. The second-order valence-electron chi connectivity index (χ2n) is 4.60. The highest BCUT2D eigenvalue weighted by atomic mass is 35.5. The van der Waals surface area contributed by atoms with Crippen molar-refractivity contribution in [3.05, 3.63) is 28.2 Å². The van der Waals surface area contributed by atoms with Gasteiger partial charge < -0.3 is 14.5 Å². The maximum absolute atomic E-state index is 12.3. The van der Waals surface area contributed by atoms with Crippen molar-refractivity contribution in [2.45, 2.75) is 19.9 Å². The van der Waals surface area contributed by atoms with Crippen LogP contribution in [-0.4, -0.2) is 39.6 Å². The van der Waals surface area contributed by atoms with E-state index < -0.39 is 11.9 Å². The van der Waals surface area contributed by atoms with Gasteiger partial charge in [-0.1, -0.05) is 16.8 Å². The van der Waals surface area contributed by atoms with E-state index in [-0.39, 0.29) is 18.3 Å². The van der Waals surface area contributed by atoms with Crippen LogP contribution in [0, 0.1) is 0 Å². The number of carboxylic acid groups (broad SMARTS) is 1. The maximum Gasteiger partial charge on any atom is 0.323 e. The lowest BCUT2D eigenvalue weighted by atomic mass is 10.2. The minimum absolute atomic E-state index is 0.0736. The molecule has 112 valence electrons. The van der Waals surface area contributed by atoms with E-state index in [9.17, 15) is 9.59 Å². The summed E-state index contributed by atoms with van der Waals surface area (Å²) in [5.74, 6) is -1.13. The molecule has 2 rings (SSSR count). The minimum Gasteiger partial charge on any atom is -0.480 e. The van der Waals surface area contributed by atoms with Gasteiger partial charge in [-0.3, -0.25) is 9.59 Å². The average Bonchev–Trinajstić information content (AvgIpc) is 3.03. The van der Waals surface area contributed by atoms with Crippen LogP contribution in [-0.2, 0) is 4.79 Å². The number of nitrogens with zero attached hydrogens (tertiary/aromatic N) is 2. The van der Waals surface area contributed by atoms with E-state index in [1.54, 1.807) is 26.0 Å². The maximum atomic E-state index is 12.3. The van der Waals surface area contributed by atoms with E-state index >= 15 is 0 Å². The number of hydrogen-bond donors (Lipinski definition) is 1. The number of hydrogen-bond acceptors (Lipinski definition) is 5. The molecule has 6 nitrogen and oxygen atoms in total. The molecule has 0 fully saturated rings. The van der Waals surface area contributed by atoms with Crippen LogP contribution in [0.5, 0.6) is 0 Å². The zero-order chi connectivity index (χ0) is 15.6. The van der Waals surface area contributed by atoms with Gasteiger partial charge in [0.05, 0.1) is 9.21 Å². The third kappa shape index (κ3) is 3.62. The molecule has 0 aliphatic carbocycles. The Morgan fingerprint density at radius 2 is 2.19 bits per heavy atom. The lowest BCUT2D eigenvalue weighted by Crippen LogP contribution is -2.40. The van der Waals surface area contributed by atoms with Gasteiger partial charge in [-0.25, -0.2) is 0 Å². The molecule has 2 heterocycles. The smallest absolute Gasteiger partial charge is 0.323 e. The SMILES string of the molecule is CC(C)N(CC(=O)O)C(=O)c1cc(-c2ccc(Cl)s2)on1. The summed E-state index contributed by atoms with van der Waals surface area (Å²) in [7, 11) is 0. The van der Waals surface area contributed by atoms with E-state index in [0.29, 0.717) is 10.1 Å². The first-order valence-corrected chi connectivity index (χ1v) is 7.33. The van der Waals surface area contributed by atoms with Crippen LogP contribution in [0.3, 0.4) is 0 Å². The standard InChI is InChI=1S/C13H13ClN2O4S/c1-7(2)16(6-12(17)18)13(19)8-5-9(20-15-8)10-3-4-11(14)21-10/h3-5,7H,6H2,1-2H3,(H,17,18). The van der Waals surface area contributed by atoms with Crippen LogP contribution >= 0.6 is 22.9 Å². The molecule has 0 radical (unpaired) electrons. The Labute approximate surface area is 129 Å². The molecule has 2 aromatic rings. The highest BCUT2D eigenvalue weighted by Gasteiger charge is 2.24. The van der Waals surface area contributed by atoms with Crippen molar-refractivity contribution in [3.63, 3.8) is 0 Å². The normalized spacial score (nSPS) is 10.9. The van der Waals surface area contributed by atoms with Crippen molar-refractivity contribution >= 4 is 34.8 Å². The van der Waals surface area contributed by atoms with Gasteiger partial charge in [0.25, 0.3) is 5.91 Å². The number of carbonyl (C=O) groups excluding carboxylic acids is 1. The zero-order valence-electron chi connectivity index (χ0n) is 11.4. The summed E-state index contributed by atoms with van der Waals surface area (Å²) in [4.78, 5) is 25.1. The molecular formula is C13H13ClN2O4S. The van der Waals surface area contributed by atoms with Crippen molar-refractivity contribution in [2.75, 3.05) is 6.54 Å². The average molecular weight is 329 g/mol. The summed E-state index contributed by atoms with van der Waals surface area (Å²) >= 11 is 7.15. The molecule has 0 atom stereocenters. The van der Waals surface area contributed by atoms with E-state index in [1.807, 2.05) is 0 Å². The highest BCUT2D eigenvalue weighted by molar-refractivity contribution is 7.19. The molecule has 0 saturated heterocycles. The first kappa shape index (κ1) is 15.5. The quantitative estimate of drug-likeness (QED) is 0.912. The fourth-order valence-corrected chi connectivity index (χ4v) is 2.71. The monoisotopic (exact) mass is 328 g/mol. The Balaban J connectivity index is 2.23. The van der Waals surface area contributed by atoms with Gasteiger partial charge in [0.1, 0.15) is 6.54 Å². The van der Waals surface area contributed by atoms with E-state index in [1.165, 1.54) is 22.3 Å². The van der Waals surface area contributed by atoms with Crippen LogP contribution in [0.2, 0.25) is 4.34 Å². The zero-order valence-corrected chi connectivity index (χ0v) is 12.9. The third-order valence-corrected chi connectivity index (χ3v) is 3.98. The Hall–Kier alpha value is -1.86. The number of amides is 1. The minimum atomic E-state index is -1.08. The molecule has 1 N–H and O–H groups in total. The van der Waals surface area contributed by atoms with Crippen LogP contribution in [0.4, 0.5) is 0 Å². The Kier molecular flexibility index (Phi) is 4.64. The van der Waals surface area contributed by atoms with Crippen LogP contribution < -0.4 is 0 Å². The van der Waals surface area contributed by atoms with Gasteiger partial charge in [0.15, 0.2) is 11.5 Å². The summed E-state index contributed by atoms with van der Waals surface area (Å²) in [5, 5.41) is 12.6. The number of carboxylic acids is 1. The molecule has 0 unspecified atom stereocenters. The Bertz CT molecular complexity index is 665. The van der Waals surface area contributed by atoms with Gasteiger partial charge in [0, 0.05) is 12.1 Å². The van der Waals surface area contributed by atoms with Crippen LogP contribution in [0.1, 0.15) is 24.3 Å². The largest absolute Gasteiger partial charge is 0.480 e. The van der Waals surface area contributed by atoms with E-state index in [0.717, 1.165) is 4.88 Å². The molecule has 0 bridgehead atoms.